The Hall–Kier alpha value is -1.45. The molecule has 0 saturated heterocycles. The highest BCUT2D eigenvalue weighted by molar-refractivity contribution is 5.71. The van der Waals surface area contributed by atoms with Gasteiger partial charge >= 0.3 is 5.97 Å². The van der Waals surface area contributed by atoms with Crippen LogP contribution in [-0.2, 0) is 17.6 Å². The van der Waals surface area contributed by atoms with Gasteiger partial charge in [-0.3, -0.25) is 4.79 Å². The van der Waals surface area contributed by atoms with E-state index in [1.165, 1.54) is 0 Å². The molecule has 1 aliphatic rings. The van der Waals surface area contributed by atoms with E-state index >= 15 is 0 Å². The summed E-state index contributed by atoms with van der Waals surface area (Å²) in [5.74, 6) is -0.192. The van der Waals surface area contributed by atoms with Gasteiger partial charge in [-0.05, 0) is 38.7 Å². The Labute approximate surface area is 88.4 Å². The van der Waals surface area contributed by atoms with E-state index in [1.807, 2.05) is 13.8 Å². The van der Waals surface area contributed by atoms with E-state index in [0.29, 0.717) is 12.8 Å². The van der Waals surface area contributed by atoms with Crippen LogP contribution in [0.2, 0.25) is 0 Å². The average molecular weight is 206 g/mol. The largest absolute Gasteiger partial charge is 0.481 e. The van der Waals surface area contributed by atoms with Crippen LogP contribution in [0, 0.1) is 19.8 Å². The zero-order valence-corrected chi connectivity index (χ0v) is 8.95. The molecule has 4 heteroatoms. The van der Waals surface area contributed by atoms with E-state index in [4.69, 9.17) is 5.11 Å². The van der Waals surface area contributed by atoms with Gasteiger partial charge in [-0.1, -0.05) is 0 Å². The van der Waals surface area contributed by atoms with Gasteiger partial charge in [0.1, 0.15) is 5.82 Å². The van der Waals surface area contributed by atoms with Crippen molar-refractivity contribution < 1.29 is 9.90 Å². The maximum absolute atomic E-state index is 10.9. The lowest BCUT2D eigenvalue weighted by atomic mass is 9.86. The van der Waals surface area contributed by atoms with Crippen LogP contribution in [-0.4, -0.2) is 21.0 Å². The first-order chi connectivity index (χ1) is 7.08. The summed E-state index contributed by atoms with van der Waals surface area (Å²) in [6.45, 7) is 3.80. The van der Waals surface area contributed by atoms with Gasteiger partial charge < -0.3 is 5.11 Å². The van der Waals surface area contributed by atoms with Gasteiger partial charge in [0.25, 0.3) is 0 Å². The third kappa shape index (κ3) is 1.84. The lowest BCUT2D eigenvalue weighted by Crippen LogP contribution is -2.24. The van der Waals surface area contributed by atoms with Crippen LogP contribution in [0.25, 0.3) is 0 Å². The Morgan fingerprint density at radius 2 is 2.13 bits per heavy atom. The summed E-state index contributed by atoms with van der Waals surface area (Å²) in [6.07, 6.45) is 2.03. The molecule has 1 N–H and O–H groups in total. The van der Waals surface area contributed by atoms with Crippen molar-refractivity contribution in [2.45, 2.75) is 33.1 Å². The molecule has 0 fully saturated rings. The van der Waals surface area contributed by atoms with Crippen LogP contribution in [0.5, 0.6) is 0 Å². The summed E-state index contributed by atoms with van der Waals surface area (Å²) in [7, 11) is 0. The molecule has 1 aliphatic carbocycles. The number of nitrogens with zero attached hydrogens (tertiary/aromatic N) is 2. The van der Waals surface area contributed by atoms with Crippen molar-refractivity contribution in [3.63, 3.8) is 0 Å². The molecule has 1 heterocycles. The number of rotatable bonds is 1. The molecule has 0 amide bonds. The quantitative estimate of drug-likeness (QED) is 0.751. The third-order valence-corrected chi connectivity index (χ3v) is 2.94. The predicted molar refractivity (Wildman–Crippen MR) is 54.7 cm³/mol. The molecule has 1 aromatic rings. The molecule has 0 aliphatic heterocycles. The number of aryl methyl sites for hydroxylation is 3. The highest BCUT2D eigenvalue weighted by Crippen LogP contribution is 2.26. The number of fused-ring (bicyclic) bond motifs is 1. The molecule has 1 unspecified atom stereocenters. The molecule has 1 atom stereocenters. The second kappa shape index (κ2) is 3.61. The molecule has 80 valence electrons. The van der Waals surface area contributed by atoms with E-state index in [2.05, 4.69) is 9.97 Å². The lowest BCUT2D eigenvalue weighted by molar-refractivity contribution is -0.142. The van der Waals surface area contributed by atoms with Crippen LogP contribution in [0.1, 0.15) is 29.2 Å². The molecule has 1 aromatic heterocycles. The zero-order chi connectivity index (χ0) is 11.0. The molecule has 15 heavy (non-hydrogen) atoms. The number of aliphatic carboxylic acids is 1. The van der Waals surface area contributed by atoms with Crippen LogP contribution in [0.3, 0.4) is 0 Å². The van der Waals surface area contributed by atoms with Crippen molar-refractivity contribution in [3.05, 3.63) is 22.8 Å². The summed E-state index contributed by atoms with van der Waals surface area (Å²) >= 11 is 0. The highest BCUT2D eigenvalue weighted by atomic mass is 16.4. The minimum Gasteiger partial charge on any atom is -0.481 e. The normalized spacial score (nSPS) is 19.7. The molecule has 0 spiro atoms. The minimum absolute atomic E-state index is 0.262. The van der Waals surface area contributed by atoms with Gasteiger partial charge in [-0.25, -0.2) is 9.97 Å². The van der Waals surface area contributed by atoms with Crippen molar-refractivity contribution in [3.8, 4) is 0 Å². The standard InChI is InChI=1S/C11H14N2O2/c1-6-9-5-8(11(14)15)3-4-10(9)13-7(2)12-6/h8H,3-5H2,1-2H3,(H,14,15). The van der Waals surface area contributed by atoms with E-state index in [9.17, 15) is 4.79 Å². The number of aromatic nitrogens is 2. The lowest BCUT2D eigenvalue weighted by Gasteiger charge is -2.22. The predicted octanol–water partition coefficient (Wildman–Crippen LogP) is 1.28. The topological polar surface area (TPSA) is 63.1 Å². The zero-order valence-electron chi connectivity index (χ0n) is 8.95. The first-order valence-corrected chi connectivity index (χ1v) is 5.13. The van der Waals surface area contributed by atoms with Crippen LogP contribution in [0.15, 0.2) is 0 Å². The highest BCUT2D eigenvalue weighted by Gasteiger charge is 2.26. The number of carbonyl (C=O) groups is 1. The van der Waals surface area contributed by atoms with E-state index in [-0.39, 0.29) is 5.92 Å². The molecule has 0 radical (unpaired) electrons. The summed E-state index contributed by atoms with van der Waals surface area (Å²) < 4.78 is 0. The van der Waals surface area contributed by atoms with Crippen molar-refractivity contribution in [2.75, 3.05) is 0 Å². The molecule has 4 nitrogen and oxygen atoms in total. The molecule has 0 saturated carbocycles. The number of hydrogen-bond donors (Lipinski definition) is 1. The Morgan fingerprint density at radius 3 is 2.80 bits per heavy atom. The van der Waals surface area contributed by atoms with Gasteiger partial charge in [0, 0.05) is 11.4 Å². The Morgan fingerprint density at radius 1 is 1.40 bits per heavy atom. The second-order valence-corrected chi connectivity index (χ2v) is 4.06. The average Bonchev–Trinajstić information content (AvgIpc) is 2.16. The van der Waals surface area contributed by atoms with Crippen LogP contribution in [0.4, 0.5) is 0 Å². The summed E-state index contributed by atoms with van der Waals surface area (Å²) in [6, 6.07) is 0. The summed E-state index contributed by atoms with van der Waals surface area (Å²) in [5.41, 5.74) is 3.01. The van der Waals surface area contributed by atoms with E-state index < -0.39 is 5.97 Å². The van der Waals surface area contributed by atoms with Crippen LogP contribution < -0.4 is 0 Å². The molecule has 0 bridgehead atoms. The molecular formula is C11H14N2O2. The number of hydrogen-bond acceptors (Lipinski definition) is 3. The van der Waals surface area contributed by atoms with Gasteiger partial charge in [-0.15, -0.1) is 0 Å². The second-order valence-electron chi connectivity index (χ2n) is 4.06. The fourth-order valence-corrected chi connectivity index (χ4v) is 2.15. The number of carboxylic acids is 1. The SMILES string of the molecule is Cc1nc(C)c2c(n1)CCC(C(=O)O)C2. The number of carboxylic acid groups (broad SMARTS) is 1. The monoisotopic (exact) mass is 206 g/mol. The third-order valence-electron chi connectivity index (χ3n) is 2.94. The molecule has 0 aromatic carbocycles. The minimum atomic E-state index is -0.708. The fraction of sp³-hybridized carbons (Fsp3) is 0.545. The summed E-state index contributed by atoms with van der Waals surface area (Å²) in [5, 5.41) is 8.97. The van der Waals surface area contributed by atoms with Gasteiger partial charge in [0.2, 0.25) is 0 Å². The van der Waals surface area contributed by atoms with Gasteiger partial charge in [0.05, 0.1) is 5.92 Å². The molecular weight excluding hydrogens is 192 g/mol. The smallest absolute Gasteiger partial charge is 0.306 e. The Bertz CT molecular complexity index is 415. The first kappa shape index (κ1) is 10.1. The van der Waals surface area contributed by atoms with Crippen molar-refractivity contribution in [1.29, 1.82) is 0 Å². The van der Waals surface area contributed by atoms with E-state index in [0.717, 1.165) is 29.2 Å². The van der Waals surface area contributed by atoms with Crippen molar-refractivity contribution >= 4 is 5.97 Å². The van der Waals surface area contributed by atoms with Crippen LogP contribution >= 0.6 is 0 Å². The maximum Gasteiger partial charge on any atom is 0.306 e. The Balaban J connectivity index is 2.37. The van der Waals surface area contributed by atoms with Gasteiger partial charge in [0.15, 0.2) is 0 Å². The van der Waals surface area contributed by atoms with E-state index in [1.54, 1.807) is 0 Å². The summed E-state index contributed by atoms with van der Waals surface area (Å²) in [4.78, 5) is 19.5. The van der Waals surface area contributed by atoms with Crippen molar-refractivity contribution in [1.82, 2.24) is 9.97 Å². The van der Waals surface area contributed by atoms with Gasteiger partial charge in [-0.2, -0.15) is 0 Å². The maximum atomic E-state index is 10.9. The molecule has 2 rings (SSSR count). The van der Waals surface area contributed by atoms with Crippen molar-refractivity contribution in [2.24, 2.45) is 5.92 Å². The Kier molecular flexibility index (Phi) is 2.42. The first-order valence-electron chi connectivity index (χ1n) is 5.13. The fourth-order valence-electron chi connectivity index (χ4n) is 2.15.